The van der Waals surface area contributed by atoms with Crippen molar-refractivity contribution in [1.82, 2.24) is 0 Å². The first-order valence-corrected chi connectivity index (χ1v) is 7.46. The van der Waals surface area contributed by atoms with E-state index in [9.17, 15) is 10.1 Å². The predicted octanol–water partition coefficient (Wildman–Crippen LogP) is 4.98. The van der Waals surface area contributed by atoms with Crippen molar-refractivity contribution < 1.29 is 9.66 Å². The van der Waals surface area contributed by atoms with E-state index < -0.39 is 4.92 Å². The van der Waals surface area contributed by atoms with Crippen LogP contribution in [0.25, 0.3) is 0 Å². The molecular formula is C15H22ClNO3. The minimum Gasteiger partial charge on any atom is -0.376 e. The lowest BCUT2D eigenvalue weighted by molar-refractivity contribution is -0.384. The van der Waals surface area contributed by atoms with E-state index in [-0.39, 0.29) is 10.7 Å². The molecule has 1 rings (SSSR count). The second-order valence-corrected chi connectivity index (χ2v) is 5.38. The van der Waals surface area contributed by atoms with Crippen molar-refractivity contribution in [3.63, 3.8) is 0 Å². The minimum atomic E-state index is -0.470. The molecule has 112 valence electrons. The highest BCUT2D eigenvalue weighted by Crippen LogP contribution is 2.25. The van der Waals surface area contributed by atoms with Crippen LogP contribution in [0.5, 0.6) is 0 Å². The van der Waals surface area contributed by atoms with Gasteiger partial charge in [-0.15, -0.1) is 0 Å². The van der Waals surface area contributed by atoms with Gasteiger partial charge in [0.05, 0.1) is 11.5 Å². The molecule has 0 amide bonds. The lowest BCUT2D eigenvalue weighted by Gasteiger charge is -2.14. The van der Waals surface area contributed by atoms with Crippen LogP contribution in [0.1, 0.15) is 45.1 Å². The van der Waals surface area contributed by atoms with Crippen LogP contribution in [-0.4, -0.2) is 11.5 Å². The first-order chi connectivity index (χ1) is 9.58. The smallest absolute Gasteiger partial charge is 0.288 e. The average molecular weight is 300 g/mol. The van der Waals surface area contributed by atoms with Crippen LogP contribution < -0.4 is 0 Å². The van der Waals surface area contributed by atoms with Crippen LogP contribution >= 0.6 is 11.6 Å². The molecule has 0 N–H and O–H groups in total. The normalized spacial score (nSPS) is 12.3. The van der Waals surface area contributed by atoms with Gasteiger partial charge >= 0.3 is 0 Å². The molecule has 0 spiro atoms. The van der Waals surface area contributed by atoms with Crippen molar-refractivity contribution >= 4 is 17.3 Å². The summed E-state index contributed by atoms with van der Waals surface area (Å²) >= 11 is 5.77. The molecule has 1 aromatic carbocycles. The summed E-state index contributed by atoms with van der Waals surface area (Å²) in [5, 5.41) is 11.0. The van der Waals surface area contributed by atoms with Crippen LogP contribution in [0, 0.1) is 16.0 Å². The van der Waals surface area contributed by atoms with Gasteiger partial charge in [-0.25, -0.2) is 0 Å². The molecule has 0 saturated carbocycles. The number of benzene rings is 1. The highest BCUT2D eigenvalue weighted by molar-refractivity contribution is 6.32. The molecule has 1 aromatic rings. The fourth-order valence-corrected chi connectivity index (χ4v) is 2.22. The van der Waals surface area contributed by atoms with E-state index in [4.69, 9.17) is 16.3 Å². The van der Waals surface area contributed by atoms with Crippen LogP contribution in [0.3, 0.4) is 0 Å². The van der Waals surface area contributed by atoms with Crippen LogP contribution in [0.2, 0.25) is 5.02 Å². The highest BCUT2D eigenvalue weighted by atomic mass is 35.5. The van der Waals surface area contributed by atoms with E-state index >= 15 is 0 Å². The molecular weight excluding hydrogens is 278 g/mol. The maximum absolute atomic E-state index is 10.8. The lowest BCUT2D eigenvalue weighted by Crippen LogP contribution is -2.09. The maximum Gasteiger partial charge on any atom is 0.288 e. The molecule has 0 heterocycles. The average Bonchev–Trinajstić information content (AvgIpc) is 2.44. The Morgan fingerprint density at radius 1 is 1.40 bits per heavy atom. The summed E-state index contributed by atoms with van der Waals surface area (Å²) in [7, 11) is 0. The summed E-state index contributed by atoms with van der Waals surface area (Å²) in [5.41, 5.74) is 0.720. The molecule has 0 fully saturated rings. The van der Waals surface area contributed by atoms with Crippen molar-refractivity contribution in [2.45, 2.75) is 46.1 Å². The van der Waals surface area contributed by atoms with Gasteiger partial charge in [-0.3, -0.25) is 10.1 Å². The Balaban J connectivity index is 2.49. The molecule has 4 nitrogen and oxygen atoms in total. The van der Waals surface area contributed by atoms with E-state index in [1.165, 1.54) is 25.3 Å². The SMILES string of the molecule is CCCCC(CC)COCc1ccc(Cl)c([N+](=O)[O-])c1. The summed E-state index contributed by atoms with van der Waals surface area (Å²) in [4.78, 5) is 10.3. The van der Waals surface area contributed by atoms with Crippen molar-refractivity contribution in [3.8, 4) is 0 Å². The second kappa shape index (κ2) is 8.93. The third kappa shape index (κ3) is 5.47. The molecule has 0 aliphatic rings. The standard InChI is InChI=1S/C15H22ClNO3/c1-3-5-6-12(4-2)10-20-11-13-7-8-14(16)15(9-13)17(18)19/h7-9,12H,3-6,10-11H2,1-2H3. The van der Waals surface area contributed by atoms with Gasteiger partial charge in [0.1, 0.15) is 5.02 Å². The maximum atomic E-state index is 10.8. The molecule has 0 aliphatic carbocycles. The molecule has 1 atom stereocenters. The summed E-state index contributed by atoms with van der Waals surface area (Å²) in [5.74, 6) is 0.567. The zero-order valence-corrected chi connectivity index (χ0v) is 12.9. The van der Waals surface area contributed by atoms with Crippen LogP contribution in [0.15, 0.2) is 18.2 Å². The Bertz CT molecular complexity index is 437. The minimum absolute atomic E-state index is 0.0641. The first-order valence-electron chi connectivity index (χ1n) is 7.09. The number of rotatable bonds is 9. The fraction of sp³-hybridized carbons (Fsp3) is 0.600. The number of nitro benzene ring substituents is 1. The Morgan fingerprint density at radius 2 is 2.15 bits per heavy atom. The van der Waals surface area contributed by atoms with Gasteiger partial charge in [0.2, 0.25) is 0 Å². The zero-order valence-electron chi connectivity index (χ0n) is 12.1. The van der Waals surface area contributed by atoms with Gasteiger partial charge in [0.15, 0.2) is 0 Å². The Kier molecular flexibility index (Phi) is 7.55. The Labute approximate surface area is 125 Å². The highest BCUT2D eigenvalue weighted by Gasteiger charge is 2.13. The van der Waals surface area contributed by atoms with E-state index in [2.05, 4.69) is 13.8 Å². The number of ether oxygens (including phenoxy) is 1. The summed E-state index contributed by atoms with van der Waals surface area (Å²) in [6, 6.07) is 4.80. The number of hydrogen-bond acceptors (Lipinski definition) is 3. The number of nitro groups is 1. The zero-order chi connectivity index (χ0) is 15.0. The molecule has 0 radical (unpaired) electrons. The van der Waals surface area contributed by atoms with Crippen molar-refractivity contribution in [1.29, 1.82) is 0 Å². The van der Waals surface area contributed by atoms with Gasteiger partial charge in [-0.05, 0) is 24.0 Å². The topological polar surface area (TPSA) is 52.4 Å². The van der Waals surface area contributed by atoms with Gasteiger partial charge in [0.25, 0.3) is 5.69 Å². The molecule has 20 heavy (non-hydrogen) atoms. The molecule has 0 aromatic heterocycles. The molecule has 0 saturated heterocycles. The molecule has 0 aliphatic heterocycles. The largest absolute Gasteiger partial charge is 0.376 e. The molecule has 0 bridgehead atoms. The molecule has 5 heteroatoms. The number of hydrogen-bond donors (Lipinski definition) is 0. The number of nitrogens with zero attached hydrogens (tertiary/aromatic N) is 1. The molecule has 1 unspecified atom stereocenters. The van der Waals surface area contributed by atoms with Crippen LogP contribution in [-0.2, 0) is 11.3 Å². The number of halogens is 1. The monoisotopic (exact) mass is 299 g/mol. The van der Waals surface area contributed by atoms with E-state index in [1.54, 1.807) is 12.1 Å². The van der Waals surface area contributed by atoms with Crippen molar-refractivity contribution in [3.05, 3.63) is 38.9 Å². The number of unbranched alkanes of at least 4 members (excludes halogenated alkanes) is 1. The van der Waals surface area contributed by atoms with Gasteiger partial charge in [0, 0.05) is 12.7 Å². The Hall–Kier alpha value is -1.13. The summed E-state index contributed by atoms with van der Waals surface area (Å²) in [6.45, 7) is 5.44. The summed E-state index contributed by atoms with van der Waals surface area (Å²) in [6.07, 6.45) is 4.68. The summed E-state index contributed by atoms with van der Waals surface area (Å²) < 4.78 is 5.68. The first kappa shape index (κ1) is 16.9. The van der Waals surface area contributed by atoms with Crippen LogP contribution in [0.4, 0.5) is 5.69 Å². The van der Waals surface area contributed by atoms with Gasteiger partial charge in [-0.2, -0.15) is 0 Å². The van der Waals surface area contributed by atoms with Crippen molar-refractivity contribution in [2.75, 3.05) is 6.61 Å². The second-order valence-electron chi connectivity index (χ2n) is 4.97. The quantitative estimate of drug-likeness (QED) is 0.477. The fourth-order valence-electron chi connectivity index (χ4n) is 2.03. The lowest BCUT2D eigenvalue weighted by atomic mass is 10.0. The third-order valence-electron chi connectivity index (χ3n) is 3.37. The van der Waals surface area contributed by atoms with E-state index in [0.29, 0.717) is 19.1 Å². The third-order valence-corrected chi connectivity index (χ3v) is 3.69. The van der Waals surface area contributed by atoms with E-state index in [0.717, 1.165) is 12.0 Å². The van der Waals surface area contributed by atoms with E-state index in [1.807, 2.05) is 0 Å². The van der Waals surface area contributed by atoms with Gasteiger partial charge in [-0.1, -0.05) is 50.8 Å². The van der Waals surface area contributed by atoms with Crippen molar-refractivity contribution in [2.24, 2.45) is 5.92 Å². The predicted molar refractivity (Wildman–Crippen MR) is 81.1 cm³/mol. The Morgan fingerprint density at radius 3 is 2.75 bits per heavy atom. The van der Waals surface area contributed by atoms with Gasteiger partial charge < -0.3 is 4.74 Å².